The number of carboxylic acid groups (broad SMARTS) is 1. The van der Waals surface area contributed by atoms with Gasteiger partial charge in [-0.3, -0.25) is 14.4 Å². The third-order valence-electron chi connectivity index (χ3n) is 14.5. The van der Waals surface area contributed by atoms with Crippen LogP contribution in [0.3, 0.4) is 0 Å². The monoisotopic (exact) mass is 1130 g/mol. The lowest BCUT2D eigenvalue weighted by atomic mass is 9.82. The minimum Gasteiger partial charge on any atom is -0.481 e. The van der Waals surface area contributed by atoms with E-state index in [2.05, 4.69) is 5.32 Å². The predicted octanol–water partition coefficient (Wildman–Crippen LogP) is -1.32. The number of rotatable bonds is 7. The zero-order valence-electron chi connectivity index (χ0n) is 45.3. The van der Waals surface area contributed by atoms with E-state index in [0.717, 1.165) is 6.92 Å². The summed E-state index contributed by atoms with van der Waals surface area (Å²) in [5.74, 6) is -7.81. The molecule has 0 aromatic rings. The Kier molecular flexibility index (Phi) is 27.7. The number of ether oxygens (including phenoxy) is 6. The number of aliphatic hydroxyl groups excluding tert-OH is 11. The predicted molar refractivity (Wildman–Crippen MR) is 281 cm³/mol. The molecule has 16 N–H and O–H groups in total. The van der Waals surface area contributed by atoms with E-state index >= 15 is 0 Å². The van der Waals surface area contributed by atoms with Crippen molar-refractivity contribution in [1.29, 1.82) is 0 Å². The summed E-state index contributed by atoms with van der Waals surface area (Å²) in [6, 6.07) is -2.69. The number of esters is 1. The maximum absolute atomic E-state index is 12.7. The number of fused-ring (bicyclic) bond motifs is 2. The van der Waals surface area contributed by atoms with Crippen LogP contribution in [0.1, 0.15) is 86.0 Å². The van der Waals surface area contributed by atoms with Gasteiger partial charge in [0.05, 0.1) is 80.1 Å². The zero-order chi connectivity index (χ0) is 58.7. The number of nitrogens with one attached hydrogen (secondary N) is 1. The van der Waals surface area contributed by atoms with Crippen molar-refractivity contribution in [2.45, 2.75) is 214 Å². The summed E-state index contributed by atoms with van der Waals surface area (Å²) in [4.78, 5) is 37.5. The first kappa shape index (κ1) is 67.4. The number of carboxylic acids is 1. The number of aliphatic carboxylic acids is 1. The van der Waals surface area contributed by atoms with Crippen LogP contribution in [0.15, 0.2) is 85.1 Å². The maximum atomic E-state index is 12.7. The largest absolute Gasteiger partial charge is 0.481 e. The van der Waals surface area contributed by atoms with E-state index in [1.807, 2.05) is 6.92 Å². The fourth-order valence-corrected chi connectivity index (χ4v) is 9.89. The first-order valence-electron chi connectivity index (χ1n) is 26.8. The number of allylic oxidation sites excluding steroid dienone is 12. The number of nitrogens with two attached hydrogens (primary N) is 1. The molecule has 0 saturated carbocycles. The minimum atomic E-state index is -2.45. The molecular formula is C55H86N2O22. The molecule has 24 nitrogen and oxygen atoms in total. The van der Waals surface area contributed by atoms with Crippen LogP contribution in [0.5, 0.6) is 0 Å². The summed E-state index contributed by atoms with van der Waals surface area (Å²) in [5, 5.41) is 143. The van der Waals surface area contributed by atoms with Gasteiger partial charge in [0.1, 0.15) is 48.6 Å². The van der Waals surface area contributed by atoms with E-state index in [4.69, 9.17) is 34.2 Å². The molecule has 2 bridgehead atoms. The van der Waals surface area contributed by atoms with E-state index in [1.54, 1.807) is 86.8 Å². The molecule has 24 unspecified atom stereocenters. The van der Waals surface area contributed by atoms with Gasteiger partial charge in [-0.25, -0.2) is 0 Å². The van der Waals surface area contributed by atoms with Gasteiger partial charge in [0.2, 0.25) is 5.91 Å². The SMILES string of the molecule is CC(=O)NC1C(OC2C(C)OC(OC3/C=C/C=C/C=C/C=C/C=C/C=C/C=C/C(C)C(O)C(C)C(C)OC(=O)CC(O)CC(O)CC(O)CCC(O)C(O)CC4(O)CC(O)C(C(=O)O)C(C3)O4)C(O)C2N)OC(CO)C(O)C1O. The molecule has 0 spiro atoms. The molecular weight excluding hydrogens is 1040 g/mol. The van der Waals surface area contributed by atoms with Crippen LogP contribution in [-0.2, 0) is 42.8 Å². The second-order valence-corrected chi connectivity index (χ2v) is 21.1. The molecule has 4 aliphatic rings. The van der Waals surface area contributed by atoms with Crippen LogP contribution in [-0.4, -0.2) is 219 Å². The Morgan fingerprint density at radius 1 is 0.671 bits per heavy atom. The van der Waals surface area contributed by atoms with Crippen LogP contribution in [0.25, 0.3) is 0 Å². The van der Waals surface area contributed by atoms with E-state index in [1.165, 1.54) is 19.1 Å². The third kappa shape index (κ3) is 21.0. The molecule has 4 aliphatic heterocycles. The Morgan fingerprint density at radius 2 is 1.24 bits per heavy atom. The van der Waals surface area contributed by atoms with Crippen molar-refractivity contribution in [3.8, 4) is 0 Å². The first-order valence-corrected chi connectivity index (χ1v) is 26.8. The quantitative estimate of drug-likeness (QED) is 0.131. The van der Waals surface area contributed by atoms with E-state index < -0.39 is 190 Å². The molecule has 0 aliphatic carbocycles. The van der Waals surface area contributed by atoms with Crippen LogP contribution in [0.2, 0.25) is 0 Å². The molecule has 4 heterocycles. The molecule has 24 atom stereocenters. The molecule has 4 rings (SSSR count). The molecule has 0 radical (unpaired) electrons. The van der Waals surface area contributed by atoms with Gasteiger partial charge in [-0.2, -0.15) is 0 Å². The van der Waals surface area contributed by atoms with Crippen molar-refractivity contribution >= 4 is 17.8 Å². The fourth-order valence-electron chi connectivity index (χ4n) is 9.89. The van der Waals surface area contributed by atoms with Crippen molar-refractivity contribution in [2.75, 3.05) is 6.61 Å². The minimum absolute atomic E-state index is 0.183. The molecule has 448 valence electrons. The summed E-state index contributed by atoms with van der Waals surface area (Å²) >= 11 is 0. The highest BCUT2D eigenvalue weighted by Gasteiger charge is 2.53. The topological polar surface area (TPSA) is 408 Å². The summed E-state index contributed by atoms with van der Waals surface area (Å²) in [7, 11) is 0. The molecule has 1 amide bonds. The van der Waals surface area contributed by atoms with Gasteiger partial charge in [0, 0.05) is 38.0 Å². The molecule has 24 heteroatoms. The van der Waals surface area contributed by atoms with Gasteiger partial charge in [-0.05, 0) is 39.5 Å². The lowest BCUT2D eigenvalue weighted by Crippen LogP contribution is -2.68. The van der Waals surface area contributed by atoms with E-state index in [9.17, 15) is 80.8 Å². The molecule has 0 aromatic heterocycles. The maximum Gasteiger partial charge on any atom is 0.311 e. The van der Waals surface area contributed by atoms with Gasteiger partial charge in [-0.1, -0.05) is 98.9 Å². The fraction of sp³-hybridized carbons (Fsp3) is 0.691. The standard InChI is InChI=1S/C55H86N2O22/c1-29-18-16-14-12-10-8-6-7-9-11-13-15-17-19-37(76-54-49(69)45(56)51(32(4)75-54)78-53-46(57-33(5)59)50(70)48(68)42(28-58)77-53)25-41-44(52(71)72)40(65)27-55(73,79-41)26-39(64)38(63)21-20-34(60)22-35(61)23-36(62)24-43(66)74-31(3)30(2)47(29)67/h6-19,29-32,34-42,44-51,53-54,58,60-65,67-70,73H,20-28,56H2,1-5H3,(H,57,59)(H,71,72)/b7-6+,10-8+,11-9+,14-12+,15-13+,18-16+,19-17+. The van der Waals surface area contributed by atoms with Gasteiger partial charge >= 0.3 is 11.9 Å². The Bertz CT molecular complexity index is 2100. The summed E-state index contributed by atoms with van der Waals surface area (Å²) in [6.45, 7) is 7.10. The van der Waals surface area contributed by atoms with Crippen LogP contribution >= 0.6 is 0 Å². The number of amides is 1. The smallest absolute Gasteiger partial charge is 0.311 e. The van der Waals surface area contributed by atoms with Crippen LogP contribution < -0.4 is 11.1 Å². The van der Waals surface area contributed by atoms with Gasteiger partial charge in [-0.15, -0.1) is 0 Å². The van der Waals surface area contributed by atoms with E-state index in [0.29, 0.717) is 0 Å². The Labute approximate surface area is 460 Å². The normalized spacial score (nSPS) is 45.3. The molecule has 3 saturated heterocycles. The van der Waals surface area contributed by atoms with Crippen LogP contribution in [0, 0.1) is 17.8 Å². The number of carbonyl (C=O) groups excluding carboxylic acids is 2. The zero-order valence-corrected chi connectivity index (χ0v) is 45.3. The molecule has 79 heavy (non-hydrogen) atoms. The lowest BCUT2D eigenvalue weighted by Gasteiger charge is -2.48. The second-order valence-electron chi connectivity index (χ2n) is 21.1. The molecule has 3 fully saturated rings. The summed E-state index contributed by atoms with van der Waals surface area (Å²) in [5.41, 5.74) is 6.53. The van der Waals surface area contributed by atoms with Crippen molar-refractivity contribution in [3.05, 3.63) is 85.1 Å². The molecule has 0 aromatic carbocycles. The van der Waals surface area contributed by atoms with Crippen molar-refractivity contribution in [2.24, 2.45) is 23.5 Å². The number of aliphatic hydroxyl groups is 12. The van der Waals surface area contributed by atoms with Crippen molar-refractivity contribution in [1.82, 2.24) is 5.32 Å². The highest BCUT2D eigenvalue weighted by Crippen LogP contribution is 2.39. The highest BCUT2D eigenvalue weighted by atomic mass is 16.7. The lowest BCUT2D eigenvalue weighted by molar-refractivity contribution is -0.331. The Balaban J connectivity index is 1.59. The third-order valence-corrected chi connectivity index (χ3v) is 14.5. The average Bonchev–Trinajstić information content (AvgIpc) is 3.36. The van der Waals surface area contributed by atoms with Gasteiger partial charge in [0.15, 0.2) is 18.4 Å². The Morgan fingerprint density at radius 3 is 1.82 bits per heavy atom. The van der Waals surface area contributed by atoms with Crippen molar-refractivity contribution in [3.63, 3.8) is 0 Å². The van der Waals surface area contributed by atoms with Crippen molar-refractivity contribution < 1.29 is 109 Å². The van der Waals surface area contributed by atoms with Gasteiger partial charge < -0.3 is 106 Å². The number of carbonyl (C=O) groups is 3. The first-order chi connectivity index (χ1) is 37.2. The highest BCUT2D eigenvalue weighted by molar-refractivity contribution is 5.73. The Hall–Kier alpha value is -4.13. The summed E-state index contributed by atoms with van der Waals surface area (Å²) in [6.07, 6.45) is -4.65. The average molecular weight is 1130 g/mol. The van der Waals surface area contributed by atoms with E-state index in [-0.39, 0.29) is 31.6 Å². The van der Waals surface area contributed by atoms with Crippen LogP contribution in [0.4, 0.5) is 0 Å². The number of hydrogen-bond acceptors (Lipinski definition) is 22. The number of cyclic esters (lactones) is 1. The summed E-state index contributed by atoms with van der Waals surface area (Å²) < 4.78 is 35.6. The second kappa shape index (κ2) is 32.5. The number of hydrogen-bond donors (Lipinski definition) is 15. The van der Waals surface area contributed by atoms with Gasteiger partial charge in [0.25, 0.3) is 0 Å².